The van der Waals surface area contributed by atoms with Crippen molar-refractivity contribution in [3.63, 3.8) is 0 Å². The molecular weight excluding hydrogens is 386 g/mol. The third-order valence-electron chi connectivity index (χ3n) is 5.73. The van der Waals surface area contributed by atoms with Crippen LogP contribution in [0.5, 0.6) is 0 Å². The summed E-state index contributed by atoms with van der Waals surface area (Å²) in [5.74, 6) is 0.0254. The first-order valence-electron chi connectivity index (χ1n) is 9.87. The molecule has 29 heavy (non-hydrogen) atoms. The van der Waals surface area contributed by atoms with Crippen molar-refractivity contribution in [3.05, 3.63) is 64.7 Å². The Morgan fingerprint density at radius 1 is 1.00 bits per heavy atom. The average Bonchev–Trinajstić information content (AvgIpc) is 3.21. The zero-order valence-corrected chi connectivity index (χ0v) is 17.0. The molecule has 0 aromatic heterocycles. The van der Waals surface area contributed by atoms with Gasteiger partial charge in [0.2, 0.25) is 15.9 Å². The SMILES string of the molecule is N#Cc1ccccc1S(=O)(=O)N1CCN(C(=O)Cc2ccc3c(c2)CCC3)CC1. The van der Waals surface area contributed by atoms with Crippen molar-refractivity contribution in [2.75, 3.05) is 26.2 Å². The summed E-state index contributed by atoms with van der Waals surface area (Å²) in [5, 5.41) is 9.21. The van der Waals surface area contributed by atoms with Crippen LogP contribution in [0.4, 0.5) is 0 Å². The minimum absolute atomic E-state index is 0.0254. The topological polar surface area (TPSA) is 81.5 Å². The maximum atomic E-state index is 12.9. The van der Waals surface area contributed by atoms with Crippen molar-refractivity contribution < 1.29 is 13.2 Å². The number of amides is 1. The summed E-state index contributed by atoms with van der Waals surface area (Å²) in [6.45, 7) is 1.19. The summed E-state index contributed by atoms with van der Waals surface area (Å²) in [4.78, 5) is 14.5. The average molecular weight is 410 g/mol. The molecule has 1 amide bonds. The number of nitrogens with zero attached hydrogens (tertiary/aromatic N) is 3. The van der Waals surface area contributed by atoms with Gasteiger partial charge in [-0.1, -0.05) is 30.3 Å². The lowest BCUT2D eigenvalue weighted by atomic mass is 10.0. The number of sulfonamides is 1. The lowest BCUT2D eigenvalue weighted by molar-refractivity contribution is -0.131. The van der Waals surface area contributed by atoms with Gasteiger partial charge in [0, 0.05) is 26.2 Å². The number of piperazine rings is 1. The van der Waals surface area contributed by atoms with Crippen molar-refractivity contribution >= 4 is 15.9 Å². The summed E-state index contributed by atoms with van der Waals surface area (Å²) in [6, 6.07) is 14.5. The van der Waals surface area contributed by atoms with E-state index in [0.717, 1.165) is 18.4 Å². The van der Waals surface area contributed by atoms with Crippen molar-refractivity contribution in [2.24, 2.45) is 0 Å². The van der Waals surface area contributed by atoms with Crippen molar-refractivity contribution in [2.45, 2.75) is 30.6 Å². The number of fused-ring (bicyclic) bond motifs is 1. The molecule has 0 N–H and O–H groups in total. The van der Waals surface area contributed by atoms with E-state index < -0.39 is 10.0 Å². The fraction of sp³-hybridized carbons (Fsp3) is 0.364. The van der Waals surface area contributed by atoms with Gasteiger partial charge in [0.25, 0.3) is 0 Å². The quantitative estimate of drug-likeness (QED) is 0.775. The van der Waals surface area contributed by atoms with E-state index >= 15 is 0 Å². The zero-order chi connectivity index (χ0) is 20.4. The summed E-state index contributed by atoms with van der Waals surface area (Å²) in [5.41, 5.74) is 3.90. The largest absolute Gasteiger partial charge is 0.340 e. The molecule has 150 valence electrons. The van der Waals surface area contributed by atoms with Crippen LogP contribution in [-0.2, 0) is 34.1 Å². The van der Waals surface area contributed by atoms with Gasteiger partial charge < -0.3 is 4.90 Å². The molecular formula is C22H23N3O3S. The number of carbonyl (C=O) groups is 1. The minimum atomic E-state index is -3.75. The van der Waals surface area contributed by atoms with Gasteiger partial charge in [0.15, 0.2) is 0 Å². The van der Waals surface area contributed by atoms with E-state index in [0.29, 0.717) is 19.5 Å². The van der Waals surface area contributed by atoms with Gasteiger partial charge in [0.05, 0.1) is 16.9 Å². The van der Waals surface area contributed by atoms with Crippen molar-refractivity contribution in [3.8, 4) is 6.07 Å². The van der Waals surface area contributed by atoms with Crippen LogP contribution in [0, 0.1) is 11.3 Å². The number of rotatable bonds is 4. The number of hydrogen-bond acceptors (Lipinski definition) is 4. The standard InChI is InChI=1S/C22H23N3O3S/c23-16-20-4-1-2-7-21(20)29(27,28)25-12-10-24(11-13-25)22(26)15-17-8-9-18-5-3-6-19(18)14-17/h1-2,4,7-9,14H,3,5-6,10-13,15H2. The molecule has 1 heterocycles. The van der Waals surface area contributed by atoms with E-state index in [1.54, 1.807) is 17.0 Å². The zero-order valence-electron chi connectivity index (χ0n) is 16.2. The number of benzene rings is 2. The highest BCUT2D eigenvalue weighted by Crippen LogP contribution is 2.24. The van der Waals surface area contributed by atoms with Gasteiger partial charge in [-0.25, -0.2) is 8.42 Å². The predicted octanol–water partition coefficient (Wildman–Crippen LogP) is 2.12. The molecule has 0 atom stereocenters. The highest BCUT2D eigenvalue weighted by molar-refractivity contribution is 7.89. The summed E-state index contributed by atoms with van der Waals surface area (Å²) < 4.78 is 27.2. The van der Waals surface area contributed by atoms with Gasteiger partial charge >= 0.3 is 0 Å². The second-order valence-corrected chi connectivity index (χ2v) is 9.43. The monoisotopic (exact) mass is 409 g/mol. The molecule has 0 radical (unpaired) electrons. The summed E-state index contributed by atoms with van der Waals surface area (Å²) in [7, 11) is -3.75. The Kier molecular flexibility index (Phi) is 5.39. The first-order valence-corrected chi connectivity index (χ1v) is 11.3. The molecule has 0 bridgehead atoms. The second kappa shape index (κ2) is 7.97. The maximum Gasteiger partial charge on any atom is 0.244 e. The van der Waals surface area contributed by atoms with Gasteiger partial charge in [-0.05, 0) is 48.1 Å². The van der Waals surface area contributed by atoms with E-state index in [1.165, 1.54) is 34.0 Å². The lowest BCUT2D eigenvalue weighted by Gasteiger charge is -2.34. The van der Waals surface area contributed by atoms with E-state index in [4.69, 9.17) is 0 Å². The summed E-state index contributed by atoms with van der Waals surface area (Å²) >= 11 is 0. The fourth-order valence-electron chi connectivity index (χ4n) is 4.12. The predicted molar refractivity (Wildman–Crippen MR) is 109 cm³/mol. The molecule has 0 saturated carbocycles. The Morgan fingerprint density at radius 3 is 2.48 bits per heavy atom. The van der Waals surface area contributed by atoms with Gasteiger partial charge in [-0.3, -0.25) is 4.79 Å². The Labute approximate surface area is 171 Å². The molecule has 0 unspecified atom stereocenters. The highest BCUT2D eigenvalue weighted by Gasteiger charge is 2.31. The Bertz CT molecular complexity index is 1080. The van der Waals surface area contributed by atoms with Gasteiger partial charge in [0.1, 0.15) is 6.07 Å². The maximum absolute atomic E-state index is 12.9. The number of hydrogen-bond donors (Lipinski definition) is 0. The van der Waals surface area contributed by atoms with E-state index in [9.17, 15) is 18.5 Å². The van der Waals surface area contributed by atoms with Crippen LogP contribution in [0.1, 0.15) is 28.7 Å². The van der Waals surface area contributed by atoms with Crippen LogP contribution in [0.25, 0.3) is 0 Å². The minimum Gasteiger partial charge on any atom is -0.340 e. The van der Waals surface area contributed by atoms with Crippen LogP contribution in [0.15, 0.2) is 47.4 Å². The Hall–Kier alpha value is -2.69. The van der Waals surface area contributed by atoms with Gasteiger partial charge in [-0.15, -0.1) is 0 Å². The summed E-state index contributed by atoms with van der Waals surface area (Å²) in [6.07, 6.45) is 3.72. The molecule has 1 aliphatic heterocycles. The van der Waals surface area contributed by atoms with Crippen LogP contribution >= 0.6 is 0 Å². The lowest BCUT2D eigenvalue weighted by Crippen LogP contribution is -2.50. The molecule has 2 aliphatic rings. The smallest absolute Gasteiger partial charge is 0.244 e. The Morgan fingerprint density at radius 2 is 1.72 bits per heavy atom. The first kappa shape index (κ1) is 19.6. The molecule has 1 fully saturated rings. The molecule has 2 aromatic carbocycles. The second-order valence-electron chi connectivity index (χ2n) is 7.53. The first-order chi connectivity index (χ1) is 14.0. The van der Waals surface area contributed by atoms with Crippen molar-refractivity contribution in [1.29, 1.82) is 5.26 Å². The normalized spacial score (nSPS) is 17.0. The van der Waals surface area contributed by atoms with Crippen LogP contribution in [-0.4, -0.2) is 49.7 Å². The molecule has 7 heteroatoms. The Balaban J connectivity index is 1.40. The van der Waals surface area contributed by atoms with Crippen LogP contribution in [0.3, 0.4) is 0 Å². The van der Waals surface area contributed by atoms with E-state index in [1.807, 2.05) is 12.1 Å². The third-order valence-corrected chi connectivity index (χ3v) is 7.69. The molecule has 0 spiro atoms. The highest BCUT2D eigenvalue weighted by atomic mass is 32.2. The fourth-order valence-corrected chi connectivity index (χ4v) is 5.69. The van der Waals surface area contributed by atoms with E-state index in [2.05, 4.69) is 12.1 Å². The molecule has 2 aromatic rings. The van der Waals surface area contributed by atoms with E-state index in [-0.39, 0.29) is 29.5 Å². The van der Waals surface area contributed by atoms with Gasteiger partial charge in [-0.2, -0.15) is 9.57 Å². The number of nitriles is 1. The van der Waals surface area contributed by atoms with Crippen LogP contribution in [0.2, 0.25) is 0 Å². The third kappa shape index (κ3) is 3.91. The number of aryl methyl sites for hydroxylation is 2. The molecule has 4 rings (SSSR count). The van der Waals surface area contributed by atoms with Crippen molar-refractivity contribution in [1.82, 2.24) is 9.21 Å². The molecule has 6 nitrogen and oxygen atoms in total. The van der Waals surface area contributed by atoms with Crippen LogP contribution < -0.4 is 0 Å². The number of carbonyl (C=O) groups excluding carboxylic acids is 1. The molecule has 1 saturated heterocycles. The molecule has 1 aliphatic carbocycles.